The summed E-state index contributed by atoms with van der Waals surface area (Å²) in [5.41, 5.74) is -0.458. The summed E-state index contributed by atoms with van der Waals surface area (Å²) in [6.45, 7) is 9.15. The second kappa shape index (κ2) is 9.16. The lowest BCUT2D eigenvalue weighted by Crippen LogP contribution is -2.41. The smallest absolute Gasteiger partial charge is 0.410 e. The van der Waals surface area contributed by atoms with Crippen molar-refractivity contribution in [3.8, 4) is 5.75 Å². The van der Waals surface area contributed by atoms with Gasteiger partial charge in [-0.3, -0.25) is 0 Å². The molecule has 0 unspecified atom stereocenters. The van der Waals surface area contributed by atoms with Crippen molar-refractivity contribution in [2.45, 2.75) is 70.0 Å². The van der Waals surface area contributed by atoms with Gasteiger partial charge >= 0.3 is 6.09 Å². The molecule has 0 N–H and O–H groups in total. The predicted octanol–water partition coefficient (Wildman–Crippen LogP) is 4.28. The van der Waals surface area contributed by atoms with E-state index in [1.54, 1.807) is 29.2 Å². The van der Waals surface area contributed by atoms with E-state index in [1.807, 2.05) is 27.7 Å². The molecule has 1 aromatic carbocycles. The summed E-state index contributed by atoms with van der Waals surface area (Å²) >= 11 is 0. The standard InChI is InChI=1S/C21H33NO5S/c1-16(26-18-8-10-19(11-9-18)28(5,24)25)6-7-17-12-14-22(15-13-17)20(23)27-21(2,3)4/h8-11,16-17H,6-7,12-15H2,1-5H3/t16-/m1/s1. The highest BCUT2D eigenvalue weighted by atomic mass is 32.2. The fourth-order valence-electron chi connectivity index (χ4n) is 3.26. The van der Waals surface area contributed by atoms with Crippen molar-refractivity contribution in [1.29, 1.82) is 0 Å². The average Bonchev–Trinajstić information content (AvgIpc) is 2.58. The van der Waals surface area contributed by atoms with Crippen LogP contribution >= 0.6 is 0 Å². The van der Waals surface area contributed by atoms with Crippen LogP contribution in [0.2, 0.25) is 0 Å². The number of carbonyl (C=O) groups excluding carboxylic acids is 1. The molecule has 2 rings (SSSR count). The van der Waals surface area contributed by atoms with Gasteiger partial charge in [-0.2, -0.15) is 0 Å². The van der Waals surface area contributed by atoms with Gasteiger partial charge in [-0.25, -0.2) is 13.2 Å². The van der Waals surface area contributed by atoms with Gasteiger partial charge < -0.3 is 14.4 Å². The first-order valence-corrected chi connectivity index (χ1v) is 11.8. The normalized spacial score (nSPS) is 17.2. The van der Waals surface area contributed by atoms with Crippen LogP contribution in [-0.4, -0.2) is 50.5 Å². The molecule has 1 amide bonds. The predicted molar refractivity (Wildman–Crippen MR) is 109 cm³/mol. The highest BCUT2D eigenvalue weighted by molar-refractivity contribution is 7.90. The summed E-state index contributed by atoms with van der Waals surface area (Å²) in [7, 11) is -3.19. The third kappa shape index (κ3) is 7.34. The molecule has 6 nitrogen and oxygen atoms in total. The lowest BCUT2D eigenvalue weighted by Gasteiger charge is -2.33. The first-order chi connectivity index (χ1) is 12.9. The Balaban J connectivity index is 1.72. The van der Waals surface area contributed by atoms with E-state index < -0.39 is 15.4 Å². The molecule has 158 valence electrons. The summed E-state index contributed by atoms with van der Waals surface area (Å²) in [6.07, 6.45) is 4.95. The number of carbonyl (C=O) groups is 1. The van der Waals surface area contributed by atoms with Crippen molar-refractivity contribution in [2.75, 3.05) is 19.3 Å². The summed E-state index contributed by atoms with van der Waals surface area (Å²) < 4.78 is 34.4. The molecule has 28 heavy (non-hydrogen) atoms. The number of hydrogen-bond acceptors (Lipinski definition) is 5. The van der Waals surface area contributed by atoms with Crippen molar-refractivity contribution < 1.29 is 22.7 Å². The van der Waals surface area contributed by atoms with Crippen LogP contribution in [0, 0.1) is 5.92 Å². The van der Waals surface area contributed by atoms with E-state index >= 15 is 0 Å². The summed E-state index contributed by atoms with van der Waals surface area (Å²) in [4.78, 5) is 14.2. The van der Waals surface area contributed by atoms with Gasteiger partial charge in [0.05, 0.1) is 11.0 Å². The van der Waals surface area contributed by atoms with Crippen molar-refractivity contribution in [1.82, 2.24) is 4.90 Å². The maximum Gasteiger partial charge on any atom is 0.410 e. The molecule has 1 aromatic rings. The number of sulfone groups is 1. The maximum atomic E-state index is 12.1. The van der Waals surface area contributed by atoms with Crippen molar-refractivity contribution >= 4 is 15.9 Å². The monoisotopic (exact) mass is 411 g/mol. The molecule has 1 heterocycles. The van der Waals surface area contributed by atoms with Crippen LogP contribution < -0.4 is 4.74 Å². The first kappa shape index (κ1) is 22.5. The number of nitrogens with zero attached hydrogens (tertiary/aromatic N) is 1. The lowest BCUT2D eigenvalue weighted by atomic mass is 9.91. The van der Waals surface area contributed by atoms with Gasteiger partial charge in [0.2, 0.25) is 0 Å². The number of piperidine rings is 1. The van der Waals surface area contributed by atoms with Gasteiger partial charge in [-0.15, -0.1) is 0 Å². The van der Waals surface area contributed by atoms with E-state index in [0.717, 1.165) is 38.8 Å². The van der Waals surface area contributed by atoms with Gasteiger partial charge in [0.25, 0.3) is 0 Å². The zero-order chi connectivity index (χ0) is 20.9. The molecule has 0 saturated carbocycles. The number of amides is 1. The van der Waals surface area contributed by atoms with Gasteiger partial charge in [-0.05, 0) is 83.6 Å². The van der Waals surface area contributed by atoms with Gasteiger partial charge in [0, 0.05) is 19.3 Å². The Morgan fingerprint density at radius 1 is 1.18 bits per heavy atom. The van der Waals surface area contributed by atoms with Crippen LogP contribution in [0.4, 0.5) is 4.79 Å². The molecule has 1 atom stereocenters. The van der Waals surface area contributed by atoms with Crippen molar-refractivity contribution in [2.24, 2.45) is 5.92 Å². The number of hydrogen-bond donors (Lipinski definition) is 0. The molecular formula is C21H33NO5S. The Labute approximate surface area is 169 Å². The van der Waals surface area contributed by atoms with Crippen LogP contribution in [-0.2, 0) is 14.6 Å². The van der Waals surface area contributed by atoms with E-state index in [-0.39, 0.29) is 12.2 Å². The number of ether oxygens (including phenoxy) is 2. The zero-order valence-corrected chi connectivity index (χ0v) is 18.4. The summed E-state index contributed by atoms with van der Waals surface area (Å²) in [6, 6.07) is 6.55. The quantitative estimate of drug-likeness (QED) is 0.698. The van der Waals surface area contributed by atoms with E-state index in [9.17, 15) is 13.2 Å². The molecule has 1 aliphatic rings. The molecule has 0 aliphatic carbocycles. The van der Waals surface area contributed by atoms with E-state index in [0.29, 0.717) is 16.6 Å². The van der Waals surface area contributed by atoms with Crippen LogP contribution in [0.3, 0.4) is 0 Å². The maximum absolute atomic E-state index is 12.1. The third-order valence-corrected chi connectivity index (χ3v) is 5.97. The van der Waals surface area contributed by atoms with Crippen molar-refractivity contribution in [3.63, 3.8) is 0 Å². The Kier molecular flexibility index (Phi) is 7.37. The lowest BCUT2D eigenvalue weighted by molar-refractivity contribution is 0.0177. The Bertz CT molecular complexity index is 744. The van der Waals surface area contributed by atoms with Crippen LogP contribution in [0.25, 0.3) is 0 Å². The molecule has 0 aromatic heterocycles. The van der Waals surface area contributed by atoms with E-state index in [4.69, 9.17) is 9.47 Å². The molecule has 0 bridgehead atoms. The molecule has 1 saturated heterocycles. The molecule has 0 radical (unpaired) electrons. The topological polar surface area (TPSA) is 72.9 Å². The van der Waals surface area contributed by atoms with E-state index in [2.05, 4.69) is 0 Å². The summed E-state index contributed by atoms with van der Waals surface area (Å²) in [5.74, 6) is 1.26. The van der Waals surface area contributed by atoms with Gasteiger partial charge in [0.15, 0.2) is 9.84 Å². The molecule has 1 aliphatic heterocycles. The Morgan fingerprint density at radius 2 is 1.75 bits per heavy atom. The molecule has 1 fully saturated rings. The van der Waals surface area contributed by atoms with E-state index in [1.165, 1.54) is 6.26 Å². The third-order valence-electron chi connectivity index (χ3n) is 4.84. The van der Waals surface area contributed by atoms with Crippen LogP contribution in [0.1, 0.15) is 53.4 Å². The highest BCUT2D eigenvalue weighted by Crippen LogP contribution is 2.25. The minimum atomic E-state index is -3.19. The van der Waals surface area contributed by atoms with Gasteiger partial charge in [-0.1, -0.05) is 0 Å². The fraction of sp³-hybridized carbons (Fsp3) is 0.667. The zero-order valence-electron chi connectivity index (χ0n) is 17.6. The molecular weight excluding hydrogens is 378 g/mol. The SMILES string of the molecule is C[C@H](CCC1CCN(C(=O)OC(C)(C)C)CC1)Oc1ccc(S(C)(=O)=O)cc1. The van der Waals surface area contributed by atoms with Crippen molar-refractivity contribution in [3.05, 3.63) is 24.3 Å². The van der Waals surface area contributed by atoms with Crippen LogP contribution in [0.15, 0.2) is 29.2 Å². The van der Waals surface area contributed by atoms with Gasteiger partial charge in [0.1, 0.15) is 11.4 Å². The molecule has 7 heteroatoms. The Morgan fingerprint density at radius 3 is 2.25 bits per heavy atom. The number of likely N-dealkylation sites (tertiary alicyclic amines) is 1. The number of rotatable bonds is 6. The second-order valence-corrected chi connectivity index (χ2v) is 10.7. The number of benzene rings is 1. The highest BCUT2D eigenvalue weighted by Gasteiger charge is 2.27. The average molecular weight is 412 g/mol. The summed E-state index contributed by atoms with van der Waals surface area (Å²) in [5, 5.41) is 0. The Hall–Kier alpha value is -1.76. The minimum absolute atomic E-state index is 0.0490. The molecule has 0 spiro atoms. The second-order valence-electron chi connectivity index (χ2n) is 8.66. The minimum Gasteiger partial charge on any atom is -0.491 e. The fourth-order valence-corrected chi connectivity index (χ4v) is 3.89. The first-order valence-electron chi connectivity index (χ1n) is 9.89. The van der Waals surface area contributed by atoms with Crippen LogP contribution in [0.5, 0.6) is 5.75 Å². The largest absolute Gasteiger partial charge is 0.491 e.